The van der Waals surface area contributed by atoms with E-state index in [1.165, 1.54) is 35.5 Å². The van der Waals surface area contributed by atoms with Gasteiger partial charge in [0.15, 0.2) is 0 Å². The fraction of sp³-hybridized carbons (Fsp3) is 0.258. The van der Waals surface area contributed by atoms with E-state index in [4.69, 9.17) is 4.99 Å². The molecule has 0 amide bonds. The van der Waals surface area contributed by atoms with Gasteiger partial charge in [0.05, 0.1) is 23.1 Å². The molecule has 2 aromatic carbocycles. The van der Waals surface area contributed by atoms with Gasteiger partial charge in [-0.15, -0.1) is 0 Å². The predicted octanol–water partition coefficient (Wildman–Crippen LogP) is 7.41. The number of nitrogens with one attached hydrogen (secondary N) is 2. The Morgan fingerprint density at radius 2 is 1.74 bits per heavy atom. The summed E-state index contributed by atoms with van der Waals surface area (Å²) in [7, 11) is 1.99. The number of fused-ring (bicyclic) bond motifs is 2. The van der Waals surface area contributed by atoms with Gasteiger partial charge in [0.2, 0.25) is 0 Å². The number of rotatable bonds is 5. The molecular formula is C31H26F6N6. The van der Waals surface area contributed by atoms with E-state index >= 15 is 0 Å². The molecule has 2 aromatic heterocycles. The standard InChI is InChI=1S/C31H26F6N6/c1-43(25-12-9-18-5-2-3-6-21(18)25)17-27-41-24-15-19(28-23(30(32,33)34)7-4-14-38-28)8-11-22(24)29(42-27)40-20-10-13-26(39-16-20)31(35,36)37/h2-8,10-11,13-16,25,27,41H,9,12,17H2,1H3,(H,40,42). The van der Waals surface area contributed by atoms with E-state index in [1.807, 2.05) is 19.2 Å². The summed E-state index contributed by atoms with van der Waals surface area (Å²) in [5.74, 6) is 0.351. The average molecular weight is 597 g/mol. The van der Waals surface area contributed by atoms with Gasteiger partial charge in [-0.25, -0.2) is 9.98 Å². The molecular weight excluding hydrogens is 570 g/mol. The lowest BCUT2D eigenvalue weighted by atomic mass is 10.0. The van der Waals surface area contributed by atoms with Crippen LogP contribution in [0.1, 0.15) is 40.4 Å². The Balaban J connectivity index is 1.34. The van der Waals surface area contributed by atoms with Crippen molar-refractivity contribution in [1.29, 1.82) is 0 Å². The van der Waals surface area contributed by atoms with Gasteiger partial charge in [0.1, 0.15) is 17.7 Å². The minimum atomic E-state index is -4.60. The molecule has 2 unspecified atom stereocenters. The number of aromatic nitrogens is 2. The maximum absolute atomic E-state index is 13.8. The highest BCUT2D eigenvalue weighted by Crippen LogP contribution is 2.39. The van der Waals surface area contributed by atoms with Gasteiger partial charge in [0, 0.05) is 35.6 Å². The first-order chi connectivity index (χ1) is 20.5. The smallest absolute Gasteiger partial charge is 0.362 e. The zero-order valence-corrected chi connectivity index (χ0v) is 22.8. The van der Waals surface area contributed by atoms with Crippen molar-refractivity contribution in [2.45, 2.75) is 37.4 Å². The number of pyridine rings is 2. The van der Waals surface area contributed by atoms with Crippen LogP contribution in [0.4, 0.5) is 37.7 Å². The zero-order chi connectivity index (χ0) is 30.4. The Bertz CT molecular complexity index is 1660. The molecule has 222 valence electrons. The molecule has 1 aliphatic heterocycles. The van der Waals surface area contributed by atoms with Crippen LogP contribution in [0.2, 0.25) is 0 Å². The van der Waals surface area contributed by atoms with Crippen molar-refractivity contribution in [2.24, 2.45) is 4.99 Å². The van der Waals surface area contributed by atoms with Gasteiger partial charge in [-0.2, -0.15) is 26.3 Å². The fourth-order valence-electron chi connectivity index (χ4n) is 5.67. The van der Waals surface area contributed by atoms with Crippen molar-refractivity contribution >= 4 is 17.2 Å². The molecule has 1 aliphatic carbocycles. The van der Waals surface area contributed by atoms with Crippen LogP contribution in [0.3, 0.4) is 0 Å². The van der Waals surface area contributed by atoms with Crippen molar-refractivity contribution < 1.29 is 26.3 Å². The second kappa shape index (κ2) is 11.0. The Hall–Kier alpha value is -4.45. The molecule has 0 fully saturated rings. The molecule has 0 bridgehead atoms. The lowest BCUT2D eigenvalue weighted by Gasteiger charge is -2.32. The number of anilines is 2. The molecule has 43 heavy (non-hydrogen) atoms. The Labute approximate surface area is 243 Å². The lowest BCUT2D eigenvalue weighted by molar-refractivity contribution is -0.141. The van der Waals surface area contributed by atoms with E-state index in [1.54, 1.807) is 12.1 Å². The number of nitrogens with zero attached hydrogens (tertiary/aromatic N) is 4. The second-order valence-corrected chi connectivity index (χ2v) is 10.5. The maximum atomic E-state index is 13.8. The molecule has 4 aromatic rings. The van der Waals surface area contributed by atoms with Crippen molar-refractivity contribution in [3.05, 3.63) is 107 Å². The highest BCUT2D eigenvalue weighted by Gasteiger charge is 2.35. The largest absolute Gasteiger partial charge is 0.433 e. The summed E-state index contributed by atoms with van der Waals surface area (Å²) in [6.45, 7) is 0.455. The molecule has 2 N–H and O–H groups in total. The number of amidine groups is 1. The van der Waals surface area contributed by atoms with Gasteiger partial charge >= 0.3 is 12.4 Å². The third kappa shape index (κ3) is 5.92. The Morgan fingerprint density at radius 1 is 0.930 bits per heavy atom. The molecule has 0 radical (unpaired) electrons. The first kappa shape index (κ1) is 28.7. The summed E-state index contributed by atoms with van der Waals surface area (Å²) >= 11 is 0. The molecule has 3 heterocycles. The summed E-state index contributed by atoms with van der Waals surface area (Å²) in [6.07, 6.45) is -5.42. The molecule has 12 heteroatoms. The van der Waals surface area contributed by atoms with Crippen molar-refractivity contribution in [1.82, 2.24) is 14.9 Å². The quantitative estimate of drug-likeness (QED) is 0.235. The maximum Gasteiger partial charge on any atom is 0.433 e. The monoisotopic (exact) mass is 596 g/mol. The van der Waals surface area contributed by atoms with Crippen LogP contribution in [0.15, 0.2) is 84.1 Å². The minimum absolute atomic E-state index is 0.166. The van der Waals surface area contributed by atoms with Crippen molar-refractivity contribution in [3.8, 4) is 11.3 Å². The van der Waals surface area contributed by atoms with Gasteiger partial charge in [-0.3, -0.25) is 9.88 Å². The minimum Gasteiger partial charge on any atom is -0.362 e. The van der Waals surface area contributed by atoms with Crippen molar-refractivity contribution in [2.75, 3.05) is 24.2 Å². The van der Waals surface area contributed by atoms with Crippen LogP contribution in [-0.4, -0.2) is 40.5 Å². The average Bonchev–Trinajstić information content (AvgIpc) is 3.41. The predicted molar refractivity (Wildman–Crippen MR) is 152 cm³/mol. The molecule has 0 saturated carbocycles. The topological polar surface area (TPSA) is 65.4 Å². The summed E-state index contributed by atoms with van der Waals surface area (Å²) in [5.41, 5.74) is 2.04. The summed E-state index contributed by atoms with van der Waals surface area (Å²) < 4.78 is 80.5. The van der Waals surface area contributed by atoms with E-state index in [0.717, 1.165) is 31.2 Å². The number of aryl methyl sites for hydroxylation is 1. The van der Waals surface area contributed by atoms with Crippen LogP contribution in [-0.2, 0) is 18.8 Å². The third-order valence-corrected chi connectivity index (χ3v) is 7.68. The first-order valence-corrected chi connectivity index (χ1v) is 13.6. The van der Waals surface area contributed by atoms with E-state index in [2.05, 4.69) is 37.6 Å². The number of likely N-dealkylation sites (N-methyl/N-ethyl adjacent to an activating group) is 1. The molecule has 6 rings (SSSR count). The summed E-state index contributed by atoms with van der Waals surface area (Å²) in [6, 6.07) is 17.5. The molecule has 0 saturated heterocycles. The summed E-state index contributed by atoms with van der Waals surface area (Å²) in [5, 5.41) is 6.41. The lowest BCUT2D eigenvalue weighted by Crippen LogP contribution is -2.39. The summed E-state index contributed by atoms with van der Waals surface area (Å²) in [4.78, 5) is 14.5. The van der Waals surface area contributed by atoms with Crippen LogP contribution < -0.4 is 10.6 Å². The number of aliphatic imine (C=N–C) groups is 1. The zero-order valence-electron chi connectivity index (χ0n) is 22.8. The highest BCUT2D eigenvalue weighted by molar-refractivity contribution is 6.13. The van der Waals surface area contributed by atoms with Gasteiger partial charge < -0.3 is 10.6 Å². The molecule has 6 nitrogen and oxygen atoms in total. The first-order valence-electron chi connectivity index (χ1n) is 13.6. The number of halogens is 6. The number of alkyl halides is 6. The normalized spacial score (nSPS) is 18.1. The van der Waals surface area contributed by atoms with Gasteiger partial charge in [-0.05, 0) is 67.4 Å². The van der Waals surface area contributed by atoms with Gasteiger partial charge in [0.25, 0.3) is 0 Å². The third-order valence-electron chi connectivity index (χ3n) is 7.68. The Kier molecular flexibility index (Phi) is 7.33. The van der Waals surface area contributed by atoms with Crippen LogP contribution in [0.5, 0.6) is 0 Å². The van der Waals surface area contributed by atoms with Crippen LogP contribution in [0, 0.1) is 0 Å². The van der Waals surface area contributed by atoms with E-state index < -0.39 is 29.8 Å². The van der Waals surface area contributed by atoms with Crippen molar-refractivity contribution in [3.63, 3.8) is 0 Å². The van der Waals surface area contributed by atoms with Crippen LogP contribution >= 0.6 is 0 Å². The van der Waals surface area contributed by atoms with E-state index in [0.29, 0.717) is 23.6 Å². The van der Waals surface area contributed by atoms with E-state index in [-0.39, 0.29) is 23.0 Å². The molecule has 2 atom stereocenters. The highest BCUT2D eigenvalue weighted by atomic mass is 19.4. The number of hydrogen-bond donors (Lipinski definition) is 2. The second-order valence-electron chi connectivity index (χ2n) is 10.5. The number of benzene rings is 2. The van der Waals surface area contributed by atoms with Gasteiger partial charge in [-0.1, -0.05) is 30.3 Å². The SMILES string of the molecule is CN(CC1N=C(Nc2ccc(C(F)(F)F)nc2)c2ccc(-c3ncccc3C(F)(F)F)cc2N1)C1CCc2ccccc21. The molecule has 0 spiro atoms. The van der Waals surface area contributed by atoms with E-state index in [9.17, 15) is 26.3 Å². The Morgan fingerprint density at radius 3 is 2.49 bits per heavy atom. The fourth-order valence-corrected chi connectivity index (χ4v) is 5.67. The van der Waals surface area contributed by atoms with Crippen LogP contribution in [0.25, 0.3) is 11.3 Å². The molecule has 2 aliphatic rings. The number of hydrogen-bond acceptors (Lipinski definition) is 6.